The Morgan fingerprint density at radius 3 is 2.69 bits per heavy atom. The van der Waals surface area contributed by atoms with Crippen LogP contribution >= 0.6 is 11.6 Å². The number of nitrogens with zero attached hydrogens (tertiary/aromatic N) is 4. The third-order valence-electron chi connectivity index (χ3n) is 5.69. The van der Waals surface area contributed by atoms with Gasteiger partial charge in [0.2, 0.25) is 5.82 Å². The van der Waals surface area contributed by atoms with Crippen LogP contribution in [0.5, 0.6) is 0 Å². The minimum Gasteiger partial charge on any atom is -0.322 e. The summed E-state index contributed by atoms with van der Waals surface area (Å²) in [5.74, 6) is 0.960. The van der Waals surface area contributed by atoms with E-state index in [4.69, 9.17) is 21.2 Å². The first-order valence-corrected chi connectivity index (χ1v) is 11.3. The number of aromatic nitrogens is 4. The fourth-order valence-corrected chi connectivity index (χ4v) is 4.08. The molecule has 2 aromatic carbocycles. The van der Waals surface area contributed by atoms with Crippen molar-refractivity contribution in [1.82, 2.24) is 19.9 Å². The summed E-state index contributed by atoms with van der Waals surface area (Å²) in [6, 6.07) is 14.8. The van der Waals surface area contributed by atoms with Crippen molar-refractivity contribution < 1.29 is 9.42 Å². The lowest BCUT2D eigenvalue weighted by atomic mass is 9.99. The summed E-state index contributed by atoms with van der Waals surface area (Å²) in [5.41, 5.74) is 2.62. The smallest absolute Gasteiger partial charge is 0.258 e. The molecule has 0 unspecified atom stereocenters. The second-order valence-electron chi connectivity index (χ2n) is 7.85. The molecule has 0 radical (unpaired) electrons. The number of unbranched alkanes of at least 4 members (excludes halogenated alkanes) is 1. The summed E-state index contributed by atoms with van der Waals surface area (Å²) >= 11 is 6.17. The Balaban J connectivity index is 1.71. The van der Waals surface area contributed by atoms with Gasteiger partial charge in [-0.05, 0) is 46.9 Å². The maximum Gasteiger partial charge on any atom is 0.258 e. The number of amides is 1. The molecule has 0 fully saturated rings. The molecule has 8 heteroatoms. The summed E-state index contributed by atoms with van der Waals surface area (Å²) in [4.78, 5) is 17.6. The van der Waals surface area contributed by atoms with E-state index >= 15 is 0 Å². The maximum atomic E-state index is 12.8. The van der Waals surface area contributed by atoms with E-state index in [1.165, 1.54) is 12.8 Å². The van der Waals surface area contributed by atoms with E-state index in [1.54, 1.807) is 24.3 Å². The fourth-order valence-electron chi connectivity index (χ4n) is 3.85. The minimum absolute atomic E-state index is 0.216. The van der Waals surface area contributed by atoms with Crippen molar-refractivity contribution in [1.29, 1.82) is 0 Å². The SMILES string of the molecule is CCCC[C@@H](CC)Cn1c(-c2nonc2NC(=O)c2ccccc2Cl)nc2ccccc21. The van der Waals surface area contributed by atoms with Gasteiger partial charge >= 0.3 is 0 Å². The van der Waals surface area contributed by atoms with Gasteiger partial charge in [-0.2, -0.15) is 0 Å². The predicted molar refractivity (Wildman–Crippen MR) is 126 cm³/mol. The van der Waals surface area contributed by atoms with Gasteiger partial charge in [0.25, 0.3) is 5.91 Å². The highest BCUT2D eigenvalue weighted by molar-refractivity contribution is 6.34. The topological polar surface area (TPSA) is 85.8 Å². The first-order valence-electron chi connectivity index (χ1n) is 11.0. The standard InChI is InChI=1S/C24H26ClN5O2/c1-3-5-10-16(4-2)15-30-20-14-9-8-13-19(20)26-23(30)21-22(29-32-28-21)27-24(31)17-11-6-7-12-18(17)25/h6-9,11-14,16H,3-5,10,15H2,1-2H3,(H,27,29,31)/t16-/m1/s1. The van der Waals surface area contributed by atoms with Crippen LogP contribution in [0.2, 0.25) is 5.02 Å². The van der Waals surface area contributed by atoms with Gasteiger partial charge in [-0.1, -0.05) is 69.0 Å². The Hall–Kier alpha value is -3.19. The highest BCUT2D eigenvalue weighted by atomic mass is 35.5. The van der Waals surface area contributed by atoms with E-state index in [2.05, 4.69) is 34.0 Å². The van der Waals surface area contributed by atoms with Crippen LogP contribution in [0.1, 0.15) is 49.9 Å². The number of carbonyl (C=O) groups excluding carboxylic acids is 1. The van der Waals surface area contributed by atoms with Crippen molar-refractivity contribution >= 4 is 34.4 Å². The quantitative estimate of drug-likeness (QED) is 0.327. The van der Waals surface area contributed by atoms with E-state index in [9.17, 15) is 4.79 Å². The number of carbonyl (C=O) groups is 1. The zero-order chi connectivity index (χ0) is 22.5. The van der Waals surface area contributed by atoms with Crippen LogP contribution in [0, 0.1) is 5.92 Å². The fraction of sp³-hybridized carbons (Fsp3) is 0.333. The molecule has 2 heterocycles. The van der Waals surface area contributed by atoms with E-state index in [-0.39, 0.29) is 11.7 Å². The number of hydrogen-bond donors (Lipinski definition) is 1. The largest absolute Gasteiger partial charge is 0.322 e. The summed E-state index contributed by atoms with van der Waals surface area (Å²) in [6.07, 6.45) is 4.57. The lowest BCUT2D eigenvalue weighted by Crippen LogP contribution is -2.15. The van der Waals surface area contributed by atoms with Crippen LogP contribution in [0.15, 0.2) is 53.2 Å². The molecule has 4 rings (SSSR count). The molecular weight excluding hydrogens is 426 g/mol. The number of anilines is 1. The summed E-state index contributed by atoms with van der Waals surface area (Å²) < 4.78 is 7.17. The molecule has 7 nitrogen and oxygen atoms in total. The molecular formula is C24H26ClN5O2. The van der Waals surface area contributed by atoms with Gasteiger partial charge < -0.3 is 9.88 Å². The number of halogens is 1. The number of fused-ring (bicyclic) bond motifs is 1. The Bertz CT molecular complexity index is 1220. The summed E-state index contributed by atoms with van der Waals surface area (Å²) in [7, 11) is 0. The molecule has 1 amide bonds. The Kier molecular flexibility index (Phi) is 6.85. The molecule has 166 valence electrons. The van der Waals surface area contributed by atoms with E-state index in [0.717, 1.165) is 30.4 Å². The normalized spacial score (nSPS) is 12.2. The number of benzene rings is 2. The van der Waals surface area contributed by atoms with Crippen LogP contribution in [-0.4, -0.2) is 25.8 Å². The monoisotopic (exact) mass is 451 g/mol. The van der Waals surface area contributed by atoms with E-state index in [0.29, 0.717) is 28.0 Å². The van der Waals surface area contributed by atoms with Crippen molar-refractivity contribution in [2.45, 2.75) is 46.1 Å². The van der Waals surface area contributed by atoms with Gasteiger partial charge in [0.05, 0.1) is 21.6 Å². The van der Waals surface area contributed by atoms with Gasteiger partial charge in [-0.3, -0.25) is 4.79 Å². The highest BCUT2D eigenvalue weighted by Crippen LogP contribution is 2.30. The van der Waals surface area contributed by atoms with Gasteiger partial charge in [0.1, 0.15) is 0 Å². The second-order valence-corrected chi connectivity index (χ2v) is 8.25. The molecule has 0 saturated carbocycles. The number of rotatable bonds is 9. The van der Waals surface area contributed by atoms with Gasteiger partial charge in [-0.15, -0.1) is 0 Å². The zero-order valence-electron chi connectivity index (χ0n) is 18.2. The average molecular weight is 452 g/mol. The summed E-state index contributed by atoms with van der Waals surface area (Å²) in [6.45, 7) is 5.23. The highest BCUT2D eigenvalue weighted by Gasteiger charge is 2.24. The van der Waals surface area contributed by atoms with Gasteiger partial charge in [-0.25, -0.2) is 9.61 Å². The Labute approximate surface area is 191 Å². The molecule has 0 aliphatic heterocycles. The Morgan fingerprint density at radius 2 is 1.91 bits per heavy atom. The third kappa shape index (κ3) is 4.53. The molecule has 1 N–H and O–H groups in total. The van der Waals surface area contributed by atoms with Crippen LogP contribution < -0.4 is 5.32 Å². The molecule has 0 bridgehead atoms. The minimum atomic E-state index is -0.385. The lowest BCUT2D eigenvalue weighted by molar-refractivity contribution is 0.102. The van der Waals surface area contributed by atoms with Crippen LogP contribution in [0.4, 0.5) is 5.82 Å². The predicted octanol–water partition coefficient (Wildman–Crippen LogP) is 6.21. The number of nitrogens with one attached hydrogen (secondary N) is 1. The zero-order valence-corrected chi connectivity index (χ0v) is 19.0. The molecule has 0 saturated heterocycles. The van der Waals surface area contributed by atoms with Crippen molar-refractivity contribution in [2.75, 3.05) is 5.32 Å². The lowest BCUT2D eigenvalue weighted by Gasteiger charge is -2.17. The summed E-state index contributed by atoms with van der Waals surface area (Å²) in [5, 5.41) is 11.2. The van der Waals surface area contributed by atoms with Crippen LogP contribution in [0.3, 0.4) is 0 Å². The van der Waals surface area contributed by atoms with Crippen LogP contribution in [0.25, 0.3) is 22.6 Å². The molecule has 4 aromatic rings. The molecule has 0 aliphatic rings. The van der Waals surface area contributed by atoms with Crippen LogP contribution in [-0.2, 0) is 6.54 Å². The molecule has 1 atom stereocenters. The number of imidazole rings is 1. The number of hydrogen-bond acceptors (Lipinski definition) is 5. The second kappa shape index (κ2) is 9.96. The first-order chi connectivity index (χ1) is 15.6. The van der Waals surface area contributed by atoms with Crippen molar-refractivity contribution in [3.8, 4) is 11.5 Å². The van der Waals surface area contributed by atoms with Gasteiger partial charge in [0.15, 0.2) is 11.5 Å². The average Bonchev–Trinajstić information content (AvgIpc) is 3.41. The molecule has 2 aromatic heterocycles. The van der Waals surface area contributed by atoms with Crippen molar-refractivity contribution in [2.24, 2.45) is 5.92 Å². The van der Waals surface area contributed by atoms with E-state index in [1.807, 2.05) is 24.3 Å². The van der Waals surface area contributed by atoms with Gasteiger partial charge in [0, 0.05) is 6.54 Å². The molecule has 32 heavy (non-hydrogen) atoms. The van der Waals surface area contributed by atoms with Crippen molar-refractivity contribution in [3.05, 3.63) is 59.1 Å². The third-order valence-corrected chi connectivity index (χ3v) is 6.02. The van der Waals surface area contributed by atoms with Crippen molar-refractivity contribution in [3.63, 3.8) is 0 Å². The molecule has 0 aliphatic carbocycles. The first kappa shape index (κ1) is 22.0. The Morgan fingerprint density at radius 1 is 1.12 bits per heavy atom. The number of para-hydroxylation sites is 2. The molecule has 0 spiro atoms. The maximum absolute atomic E-state index is 12.8. The van der Waals surface area contributed by atoms with E-state index < -0.39 is 0 Å².